The third-order valence-electron chi connectivity index (χ3n) is 4.56. The molecule has 3 aromatic carbocycles. The van der Waals surface area contributed by atoms with Crippen molar-refractivity contribution in [2.45, 2.75) is 33.1 Å². The molecule has 0 bridgehead atoms. The number of rotatable bonds is 0. The highest BCUT2D eigenvalue weighted by Crippen LogP contribution is 2.37. The van der Waals surface area contributed by atoms with Crippen molar-refractivity contribution in [2.24, 2.45) is 0 Å². The summed E-state index contributed by atoms with van der Waals surface area (Å²) in [6, 6.07) is 17.3. The summed E-state index contributed by atoms with van der Waals surface area (Å²) in [7, 11) is 0. The van der Waals surface area contributed by atoms with Crippen molar-refractivity contribution in [1.82, 2.24) is 0 Å². The molecule has 1 heteroatoms. The lowest BCUT2D eigenvalue weighted by Crippen LogP contribution is -2.12. The summed E-state index contributed by atoms with van der Waals surface area (Å²) in [5.74, 6) is 0. The van der Waals surface area contributed by atoms with E-state index in [1.54, 1.807) is 0 Å². The van der Waals surface area contributed by atoms with Crippen LogP contribution < -0.4 is 0 Å². The molecule has 1 nitrogen and oxygen atoms in total. The quantitative estimate of drug-likeness (QED) is 0.367. The average molecular weight is 288 g/mol. The van der Waals surface area contributed by atoms with Crippen LogP contribution in [0.4, 0.5) is 0 Å². The van der Waals surface area contributed by atoms with E-state index in [0.717, 1.165) is 11.2 Å². The van der Waals surface area contributed by atoms with Gasteiger partial charge in [-0.05, 0) is 46.4 Å². The maximum absolute atomic E-state index is 6.23. The Hall–Kier alpha value is -2.28. The second kappa shape index (κ2) is 4.36. The zero-order chi connectivity index (χ0) is 15.5. The number of hydrogen-bond donors (Lipinski definition) is 0. The fraction of sp³-hybridized carbons (Fsp3) is 0.238. The van der Waals surface area contributed by atoms with Crippen molar-refractivity contribution in [1.29, 1.82) is 0 Å². The van der Waals surface area contributed by atoms with Gasteiger partial charge in [-0.15, -0.1) is 0 Å². The number of furan rings is 1. The average Bonchev–Trinajstić information content (AvgIpc) is 2.82. The van der Waals surface area contributed by atoms with Gasteiger partial charge >= 0.3 is 0 Å². The number of hydrogen-bond acceptors (Lipinski definition) is 1. The van der Waals surface area contributed by atoms with Crippen LogP contribution in [0.25, 0.3) is 32.7 Å². The smallest absolute Gasteiger partial charge is 0.138 e. The molecule has 0 fully saturated rings. The van der Waals surface area contributed by atoms with E-state index in [4.69, 9.17) is 4.42 Å². The van der Waals surface area contributed by atoms with Gasteiger partial charge in [0.2, 0.25) is 0 Å². The second-order valence-electron chi connectivity index (χ2n) is 7.16. The molecule has 4 rings (SSSR count). The molecule has 0 aliphatic heterocycles. The lowest BCUT2D eigenvalue weighted by atomic mass is 9.83. The van der Waals surface area contributed by atoms with Crippen molar-refractivity contribution >= 4 is 32.7 Å². The van der Waals surface area contributed by atoms with Crippen molar-refractivity contribution < 1.29 is 4.42 Å². The largest absolute Gasteiger partial charge is 0.456 e. The van der Waals surface area contributed by atoms with Crippen LogP contribution in [0.15, 0.2) is 52.9 Å². The van der Waals surface area contributed by atoms with Crippen LogP contribution in [0.3, 0.4) is 0 Å². The Kier molecular flexibility index (Phi) is 2.65. The van der Waals surface area contributed by atoms with E-state index in [2.05, 4.69) is 76.2 Å². The van der Waals surface area contributed by atoms with E-state index in [9.17, 15) is 0 Å². The highest BCUT2D eigenvalue weighted by Gasteiger charge is 2.20. The fourth-order valence-electron chi connectivity index (χ4n) is 3.47. The Balaban J connectivity index is 2.13. The Labute approximate surface area is 130 Å². The molecule has 0 aliphatic rings. The summed E-state index contributed by atoms with van der Waals surface area (Å²) in [6.07, 6.45) is 0. The Morgan fingerprint density at radius 2 is 1.50 bits per heavy atom. The van der Waals surface area contributed by atoms with Crippen LogP contribution in [0.5, 0.6) is 0 Å². The minimum absolute atomic E-state index is 0.127. The molecule has 0 aliphatic carbocycles. The first-order valence-electron chi connectivity index (χ1n) is 7.80. The first-order valence-corrected chi connectivity index (χ1v) is 7.80. The van der Waals surface area contributed by atoms with Gasteiger partial charge in [-0.3, -0.25) is 0 Å². The molecule has 22 heavy (non-hydrogen) atoms. The minimum Gasteiger partial charge on any atom is -0.456 e. The zero-order valence-electron chi connectivity index (χ0n) is 13.5. The van der Waals surface area contributed by atoms with E-state index >= 15 is 0 Å². The van der Waals surface area contributed by atoms with Crippen LogP contribution in [0.1, 0.15) is 31.9 Å². The van der Waals surface area contributed by atoms with Gasteiger partial charge in [-0.1, -0.05) is 57.2 Å². The van der Waals surface area contributed by atoms with Crippen LogP contribution in [-0.2, 0) is 5.41 Å². The van der Waals surface area contributed by atoms with Crippen LogP contribution >= 0.6 is 0 Å². The molecule has 0 saturated heterocycles. The second-order valence-corrected chi connectivity index (χ2v) is 7.16. The van der Waals surface area contributed by atoms with E-state index in [1.165, 1.54) is 32.7 Å². The SMILES string of the molecule is Cc1c(C(C)(C)C)ccc2c1oc1cc3ccccc3cc12. The number of aryl methyl sites for hydroxylation is 1. The topological polar surface area (TPSA) is 13.1 Å². The van der Waals surface area contributed by atoms with Gasteiger partial charge in [0, 0.05) is 10.8 Å². The van der Waals surface area contributed by atoms with Crippen LogP contribution in [0, 0.1) is 6.92 Å². The number of benzene rings is 3. The summed E-state index contributed by atoms with van der Waals surface area (Å²) < 4.78 is 6.23. The lowest BCUT2D eigenvalue weighted by molar-refractivity contribution is 0.582. The van der Waals surface area contributed by atoms with E-state index in [0.29, 0.717) is 0 Å². The Morgan fingerprint density at radius 1 is 0.818 bits per heavy atom. The number of fused-ring (bicyclic) bond motifs is 4. The molecular weight excluding hydrogens is 268 g/mol. The molecule has 0 radical (unpaired) electrons. The van der Waals surface area contributed by atoms with Crippen molar-refractivity contribution in [2.75, 3.05) is 0 Å². The van der Waals surface area contributed by atoms with Gasteiger partial charge in [-0.2, -0.15) is 0 Å². The molecule has 1 aromatic heterocycles. The summed E-state index contributed by atoms with van der Waals surface area (Å²) >= 11 is 0. The molecule has 0 N–H and O–H groups in total. The molecule has 0 atom stereocenters. The predicted octanol–water partition coefficient (Wildman–Crippen LogP) is 6.35. The van der Waals surface area contributed by atoms with Crippen LogP contribution in [0.2, 0.25) is 0 Å². The Morgan fingerprint density at radius 3 is 2.18 bits per heavy atom. The van der Waals surface area contributed by atoms with Gasteiger partial charge in [0.05, 0.1) is 0 Å². The molecule has 1 heterocycles. The van der Waals surface area contributed by atoms with Crippen LogP contribution in [-0.4, -0.2) is 0 Å². The first kappa shape index (κ1) is 13.4. The van der Waals surface area contributed by atoms with Gasteiger partial charge < -0.3 is 4.42 Å². The summed E-state index contributed by atoms with van der Waals surface area (Å²) in [5, 5.41) is 4.90. The predicted molar refractivity (Wildman–Crippen MR) is 94.7 cm³/mol. The van der Waals surface area contributed by atoms with Crippen molar-refractivity contribution in [3.63, 3.8) is 0 Å². The zero-order valence-corrected chi connectivity index (χ0v) is 13.5. The monoisotopic (exact) mass is 288 g/mol. The maximum Gasteiger partial charge on any atom is 0.138 e. The standard InChI is InChI=1S/C21H20O/c1-13-18(21(2,3)4)10-9-16-17-11-14-7-5-6-8-15(14)12-19(17)22-20(13)16/h5-12H,1-4H3. The molecule has 0 unspecified atom stereocenters. The van der Waals surface area contributed by atoms with E-state index in [1.807, 2.05) is 0 Å². The molecular formula is C21H20O. The molecule has 0 saturated carbocycles. The fourth-order valence-corrected chi connectivity index (χ4v) is 3.47. The third-order valence-corrected chi connectivity index (χ3v) is 4.56. The van der Waals surface area contributed by atoms with E-state index < -0.39 is 0 Å². The van der Waals surface area contributed by atoms with Crippen molar-refractivity contribution in [3.05, 3.63) is 59.7 Å². The summed E-state index contributed by atoms with van der Waals surface area (Å²) in [6.45, 7) is 8.92. The van der Waals surface area contributed by atoms with Crippen molar-refractivity contribution in [3.8, 4) is 0 Å². The van der Waals surface area contributed by atoms with Gasteiger partial charge in [0.15, 0.2) is 0 Å². The Bertz CT molecular complexity index is 1010. The summed E-state index contributed by atoms with van der Waals surface area (Å²) in [5.41, 5.74) is 4.73. The normalized spacial score (nSPS) is 12.5. The van der Waals surface area contributed by atoms with Gasteiger partial charge in [0.1, 0.15) is 11.2 Å². The molecule has 4 aromatic rings. The first-order chi connectivity index (χ1) is 10.4. The highest BCUT2D eigenvalue weighted by molar-refractivity contribution is 6.10. The molecule has 0 amide bonds. The maximum atomic E-state index is 6.23. The van der Waals surface area contributed by atoms with E-state index in [-0.39, 0.29) is 5.41 Å². The molecule has 0 spiro atoms. The minimum atomic E-state index is 0.127. The third kappa shape index (κ3) is 1.85. The van der Waals surface area contributed by atoms with Gasteiger partial charge in [0.25, 0.3) is 0 Å². The lowest BCUT2D eigenvalue weighted by Gasteiger charge is -2.21. The summed E-state index contributed by atoms with van der Waals surface area (Å²) in [4.78, 5) is 0. The van der Waals surface area contributed by atoms with Gasteiger partial charge in [-0.25, -0.2) is 0 Å². The molecule has 110 valence electrons. The highest BCUT2D eigenvalue weighted by atomic mass is 16.3.